The number of methoxy groups -OCH3 is 1. The lowest BCUT2D eigenvalue weighted by Crippen LogP contribution is -2.26. The Morgan fingerprint density at radius 1 is 0.974 bits per heavy atom. The first-order valence-corrected chi connectivity index (χ1v) is 12.4. The normalized spacial score (nSPS) is 15.8. The number of nitrogens with one attached hydrogen (secondary N) is 2. The third-order valence-corrected chi connectivity index (χ3v) is 6.36. The molecule has 0 aliphatic heterocycles. The minimum Gasteiger partial charge on any atom is -0.465 e. The molecule has 39 heavy (non-hydrogen) atoms. The minimum absolute atomic E-state index is 0.0207. The van der Waals surface area contributed by atoms with Gasteiger partial charge in [-0.05, 0) is 66.8 Å². The first-order chi connectivity index (χ1) is 18.8. The van der Waals surface area contributed by atoms with E-state index in [2.05, 4.69) is 15.5 Å². The fraction of sp³-hybridized carbons (Fsp3) is 0.276. The highest BCUT2D eigenvalue weighted by Gasteiger charge is 2.43. The number of esters is 2. The molecule has 0 radical (unpaired) electrons. The largest absolute Gasteiger partial charge is 0.465 e. The van der Waals surface area contributed by atoms with Crippen molar-refractivity contribution in [1.29, 1.82) is 0 Å². The van der Waals surface area contributed by atoms with Crippen molar-refractivity contribution in [3.63, 3.8) is 0 Å². The molecule has 1 saturated carbocycles. The third-order valence-electron chi connectivity index (χ3n) is 6.36. The number of anilines is 1. The van der Waals surface area contributed by atoms with E-state index in [4.69, 9.17) is 9.57 Å². The minimum atomic E-state index is -0.857. The van der Waals surface area contributed by atoms with Crippen molar-refractivity contribution >= 4 is 23.5 Å². The number of carbonyl (C=O) groups is 3. The Morgan fingerprint density at radius 2 is 1.74 bits per heavy atom. The molecule has 0 bridgehead atoms. The van der Waals surface area contributed by atoms with Crippen LogP contribution in [0.4, 0.5) is 14.5 Å². The van der Waals surface area contributed by atoms with Gasteiger partial charge in [-0.3, -0.25) is 15.1 Å². The Kier molecular flexibility index (Phi) is 8.88. The Labute approximate surface area is 224 Å². The predicted octanol–water partition coefficient (Wildman–Crippen LogP) is 4.89. The molecule has 8 nitrogen and oxygen atoms in total. The molecule has 2 unspecified atom stereocenters. The van der Waals surface area contributed by atoms with E-state index in [0.29, 0.717) is 36.4 Å². The van der Waals surface area contributed by atoms with Gasteiger partial charge in [0.15, 0.2) is 0 Å². The van der Waals surface area contributed by atoms with Gasteiger partial charge in [-0.25, -0.2) is 18.4 Å². The summed E-state index contributed by atoms with van der Waals surface area (Å²) in [5, 5.41) is 2.74. The molecule has 2 atom stereocenters. The number of amides is 1. The second kappa shape index (κ2) is 12.5. The van der Waals surface area contributed by atoms with Crippen molar-refractivity contribution < 1.29 is 37.5 Å². The Balaban J connectivity index is 1.25. The van der Waals surface area contributed by atoms with E-state index in [0.717, 1.165) is 13.2 Å². The number of hydrogen-bond donors (Lipinski definition) is 2. The molecule has 3 aromatic carbocycles. The molecular formula is C29H28F2N2O6. The topological polar surface area (TPSA) is 103 Å². The summed E-state index contributed by atoms with van der Waals surface area (Å²) < 4.78 is 38.6. The molecule has 0 spiro atoms. The number of hydrogen-bond acceptors (Lipinski definition) is 7. The maximum absolute atomic E-state index is 14.8. The fourth-order valence-electron chi connectivity index (χ4n) is 4.12. The molecule has 3 aromatic rings. The van der Waals surface area contributed by atoms with Gasteiger partial charge in [0.2, 0.25) is 5.91 Å². The molecule has 1 amide bonds. The fourth-order valence-corrected chi connectivity index (χ4v) is 4.12. The van der Waals surface area contributed by atoms with Crippen molar-refractivity contribution in [1.82, 2.24) is 5.32 Å². The molecular weight excluding hydrogens is 510 g/mol. The van der Waals surface area contributed by atoms with Crippen LogP contribution in [0.3, 0.4) is 0 Å². The standard InChI is InChI=1S/C29H28F2N2O6/c1-3-38-28(35)17-9-11-21(12-10-17)33-39-16-20-13-23(20)27(34)32-15-19-8-7-18(14-25(19)31)22-5-4-6-24(30)26(22)29(36)37-2/h4-12,14,20,23,33H,3,13,15-16H2,1-2H3,(H,32,34). The van der Waals surface area contributed by atoms with Gasteiger partial charge in [0.1, 0.15) is 17.2 Å². The number of benzene rings is 3. The smallest absolute Gasteiger partial charge is 0.341 e. The summed E-state index contributed by atoms with van der Waals surface area (Å²) in [6.07, 6.45) is 0.645. The van der Waals surface area contributed by atoms with Gasteiger partial charge in [0, 0.05) is 18.0 Å². The van der Waals surface area contributed by atoms with Crippen molar-refractivity contribution in [3.05, 3.63) is 89.0 Å². The van der Waals surface area contributed by atoms with Crippen LogP contribution in [-0.2, 0) is 25.7 Å². The summed E-state index contributed by atoms with van der Waals surface area (Å²) in [6, 6.07) is 14.9. The average molecular weight is 539 g/mol. The zero-order valence-electron chi connectivity index (χ0n) is 21.5. The number of carbonyl (C=O) groups excluding carboxylic acids is 3. The summed E-state index contributed by atoms with van der Waals surface area (Å²) in [6.45, 7) is 2.32. The van der Waals surface area contributed by atoms with Crippen molar-refractivity contribution in [2.45, 2.75) is 19.9 Å². The third kappa shape index (κ3) is 6.77. The van der Waals surface area contributed by atoms with E-state index in [-0.39, 0.29) is 41.0 Å². The van der Waals surface area contributed by atoms with Crippen LogP contribution in [0, 0.1) is 23.5 Å². The van der Waals surface area contributed by atoms with Crippen molar-refractivity contribution in [2.24, 2.45) is 11.8 Å². The lowest BCUT2D eigenvalue weighted by atomic mass is 9.98. The van der Waals surface area contributed by atoms with E-state index in [1.165, 1.54) is 24.3 Å². The average Bonchev–Trinajstić information content (AvgIpc) is 3.72. The second-order valence-corrected chi connectivity index (χ2v) is 8.99. The number of ether oxygens (including phenoxy) is 2. The summed E-state index contributed by atoms with van der Waals surface area (Å²) in [5.41, 5.74) is 4.38. The monoisotopic (exact) mass is 538 g/mol. The molecule has 4 rings (SSSR count). The highest BCUT2D eigenvalue weighted by atomic mass is 19.1. The van der Waals surface area contributed by atoms with Gasteiger partial charge in [0.25, 0.3) is 0 Å². The van der Waals surface area contributed by atoms with E-state index in [9.17, 15) is 23.2 Å². The van der Waals surface area contributed by atoms with E-state index in [1.807, 2.05) is 0 Å². The maximum Gasteiger partial charge on any atom is 0.341 e. The molecule has 10 heteroatoms. The predicted molar refractivity (Wildman–Crippen MR) is 139 cm³/mol. The zero-order chi connectivity index (χ0) is 27.9. The van der Waals surface area contributed by atoms with E-state index in [1.54, 1.807) is 37.3 Å². The Hall–Kier alpha value is -4.31. The maximum atomic E-state index is 14.8. The van der Waals surface area contributed by atoms with Gasteiger partial charge in [-0.15, -0.1) is 0 Å². The Morgan fingerprint density at radius 3 is 2.44 bits per heavy atom. The summed E-state index contributed by atoms with van der Waals surface area (Å²) in [4.78, 5) is 41.7. The molecule has 1 aliphatic carbocycles. The zero-order valence-corrected chi connectivity index (χ0v) is 21.5. The molecule has 1 aliphatic rings. The van der Waals surface area contributed by atoms with Crippen LogP contribution in [0.15, 0.2) is 60.7 Å². The van der Waals surface area contributed by atoms with Gasteiger partial charge < -0.3 is 14.8 Å². The van der Waals surface area contributed by atoms with Gasteiger partial charge in [-0.2, -0.15) is 0 Å². The highest BCUT2D eigenvalue weighted by Crippen LogP contribution is 2.39. The molecule has 0 heterocycles. The first-order valence-electron chi connectivity index (χ1n) is 12.4. The first kappa shape index (κ1) is 27.7. The van der Waals surface area contributed by atoms with Crippen LogP contribution in [-0.4, -0.2) is 38.2 Å². The lowest BCUT2D eigenvalue weighted by molar-refractivity contribution is -0.122. The van der Waals surface area contributed by atoms with Crippen LogP contribution in [0.1, 0.15) is 39.6 Å². The molecule has 1 fully saturated rings. The van der Waals surface area contributed by atoms with Gasteiger partial charge in [0.05, 0.1) is 31.6 Å². The number of rotatable bonds is 11. The summed E-state index contributed by atoms with van der Waals surface area (Å²) in [5.74, 6) is -3.04. The van der Waals surface area contributed by atoms with Crippen LogP contribution in [0.25, 0.3) is 11.1 Å². The van der Waals surface area contributed by atoms with Crippen LogP contribution < -0.4 is 10.8 Å². The van der Waals surface area contributed by atoms with Gasteiger partial charge in [-0.1, -0.05) is 24.3 Å². The van der Waals surface area contributed by atoms with Crippen molar-refractivity contribution in [3.8, 4) is 11.1 Å². The SMILES string of the molecule is CCOC(=O)c1ccc(NOCC2CC2C(=O)NCc2ccc(-c3cccc(F)c3C(=O)OC)cc2F)cc1. The van der Waals surface area contributed by atoms with E-state index >= 15 is 0 Å². The van der Waals surface area contributed by atoms with E-state index < -0.39 is 23.6 Å². The summed E-state index contributed by atoms with van der Waals surface area (Å²) in [7, 11) is 1.14. The quantitative estimate of drug-likeness (QED) is 0.265. The molecule has 2 N–H and O–H groups in total. The number of halogens is 2. The highest BCUT2D eigenvalue weighted by molar-refractivity contribution is 5.97. The van der Waals surface area contributed by atoms with Crippen LogP contribution in [0.5, 0.6) is 0 Å². The Bertz CT molecular complexity index is 1360. The molecule has 0 saturated heterocycles. The van der Waals surface area contributed by atoms with Gasteiger partial charge >= 0.3 is 11.9 Å². The van der Waals surface area contributed by atoms with Crippen molar-refractivity contribution in [2.75, 3.05) is 25.8 Å². The lowest BCUT2D eigenvalue weighted by Gasteiger charge is -2.11. The van der Waals surface area contributed by atoms with Crippen LogP contribution >= 0.6 is 0 Å². The molecule has 204 valence electrons. The second-order valence-electron chi connectivity index (χ2n) is 8.99. The molecule has 0 aromatic heterocycles. The summed E-state index contributed by atoms with van der Waals surface area (Å²) >= 11 is 0. The van der Waals surface area contributed by atoms with Crippen LogP contribution in [0.2, 0.25) is 0 Å².